The highest BCUT2D eigenvalue weighted by atomic mass is 19.1. The van der Waals surface area contributed by atoms with Gasteiger partial charge in [-0.05, 0) is 25.1 Å². The Bertz CT molecular complexity index is 1100. The fraction of sp³-hybridized carbons (Fsp3) is 0.400. The molecular formula is C20H20F2N6O3. The number of fused-ring (bicyclic) bond motifs is 3. The normalized spacial score (nSPS) is 20.5. The first kappa shape index (κ1) is 20.7. The number of nitrogens with one attached hydrogen (secondary N) is 1. The van der Waals surface area contributed by atoms with E-state index in [1.54, 1.807) is 6.07 Å². The van der Waals surface area contributed by atoms with E-state index in [1.165, 1.54) is 28.8 Å². The molecule has 2 aliphatic rings. The number of amides is 3. The monoisotopic (exact) mass is 430 g/mol. The summed E-state index contributed by atoms with van der Waals surface area (Å²) >= 11 is 0. The number of benzene rings is 1. The number of hydroxylamine groups is 2. The summed E-state index contributed by atoms with van der Waals surface area (Å²) in [7, 11) is 1.41. The smallest absolute Gasteiger partial charge is 0.317 e. The third kappa shape index (κ3) is 3.70. The first-order valence-electron chi connectivity index (χ1n) is 9.69. The molecule has 2 atom stereocenters. The molecule has 0 saturated carbocycles. The number of carbonyl (C=O) groups excluding carboxylic acids is 2. The maximum atomic E-state index is 13.5. The van der Waals surface area contributed by atoms with Crippen molar-refractivity contribution >= 4 is 17.6 Å². The van der Waals surface area contributed by atoms with Gasteiger partial charge in [-0.25, -0.2) is 18.6 Å². The van der Waals surface area contributed by atoms with Gasteiger partial charge >= 0.3 is 6.03 Å². The van der Waals surface area contributed by atoms with E-state index in [0.29, 0.717) is 17.7 Å². The zero-order valence-corrected chi connectivity index (χ0v) is 16.9. The lowest BCUT2D eigenvalue weighted by atomic mass is 9.99. The molecule has 0 radical (unpaired) electrons. The lowest BCUT2D eigenvalue weighted by Crippen LogP contribution is -2.45. The van der Waals surface area contributed by atoms with Crippen LogP contribution in [-0.2, 0) is 24.3 Å². The van der Waals surface area contributed by atoms with Crippen LogP contribution >= 0.6 is 0 Å². The molecule has 0 saturated heterocycles. The zero-order valence-electron chi connectivity index (χ0n) is 16.9. The molecule has 1 aromatic carbocycles. The quantitative estimate of drug-likeness (QED) is 0.787. The van der Waals surface area contributed by atoms with E-state index in [9.17, 15) is 18.4 Å². The number of nitriles is 1. The second kappa shape index (κ2) is 7.96. The molecule has 3 heterocycles. The summed E-state index contributed by atoms with van der Waals surface area (Å²) in [6.07, 6.45) is -0.422. The SMILES string of the molecule is CC1Cc2nn3c(c2CN1C(=O)Nc1ccc(F)c(C#N)c1)C(=O)N(C)OC(CF)C3. The van der Waals surface area contributed by atoms with Crippen LogP contribution in [-0.4, -0.2) is 57.5 Å². The van der Waals surface area contributed by atoms with Crippen LogP contribution < -0.4 is 5.32 Å². The molecule has 4 rings (SSSR count). The Morgan fingerprint density at radius 3 is 2.94 bits per heavy atom. The van der Waals surface area contributed by atoms with Crippen LogP contribution in [0.25, 0.3) is 0 Å². The molecule has 0 fully saturated rings. The van der Waals surface area contributed by atoms with Crippen LogP contribution in [0.2, 0.25) is 0 Å². The fourth-order valence-corrected chi connectivity index (χ4v) is 3.85. The Hall–Kier alpha value is -3.52. The summed E-state index contributed by atoms with van der Waals surface area (Å²) in [5, 5.41) is 17.1. The van der Waals surface area contributed by atoms with Crippen LogP contribution in [0.1, 0.15) is 34.2 Å². The number of anilines is 1. The number of alkyl halides is 1. The van der Waals surface area contributed by atoms with Gasteiger partial charge in [0.25, 0.3) is 5.91 Å². The van der Waals surface area contributed by atoms with Crippen LogP contribution in [0.4, 0.5) is 19.3 Å². The lowest BCUT2D eigenvalue weighted by Gasteiger charge is -2.33. The number of hydrogen-bond acceptors (Lipinski definition) is 5. The molecule has 9 nitrogen and oxygen atoms in total. The molecule has 2 aliphatic heterocycles. The number of halogens is 2. The van der Waals surface area contributed by atoms with Gasteiger partial charge in [0.2, 0.25) is 0 Å². The Morgan fingerprint density at radius 1 is 1.45 bits per heavy atom. The molecule has 162 valence electrons. The van der Waals surface area contributed by atoms with Crippen molar-refractivity contribution in [1.82, 2.24) is 19.7 Å². The van der Waals surface area contributed by atoms with E-state index in [4.69, 9.17) is 10.1 Å². The van der Waals surface area contributed by atoms with Gasteiger partial charge in [-0.15, -0.1) is 0 Å². The van der Waals surface area contributed by atoms with Crippen molar-refractivity contribution in [3.05, 3.63) is 46.5 Å². The number of carbonyl (C=O) groups is 2. The van der Waals surface area contributed by atoms with Crippen molar-refractivity contribution in [3.63, 3.8) is 0 Å². The number of nitrogens with zero attached hydrogens (tertiary/aromatic N) is 5. The van der Waals surface area contributed by atoms with E-state index >= 15 is 0 Å². The predicted octanol–water partition coefficient (Wildman–Crippen LogP) is 2.23. The summed E-state index contributed by atoms with van der Waals surface area (Å²) in [5.41, 5.74) is 1.65. The van der Waals surface area contributed by atoms with Crippen molar-refractivity contribution in [2.45, 2.75) is 38.6 Å². The van der Waals surface area contributed by atoms with Crippen LogP contribution in [0, 0.1) is 17.1 Å². The van der Waals surface area contributed by atoms with Crippen molar-refractivity contribution in [1.29, 1.82) is 5.26 Å². The van der Waals surface area contributed by atoms with Gasteiger partial charge < -0.3 is 10.2 Å². The Kier molecular flexibility index (Phi) is 5.32. The number of urea groups is 1. The summed E-state index contributed by atoms with van der Waals surface area (Å²) in [4.78, 5) is 32.6. The zero-order chi connectivity index (χ0) is 22.3. The van der Waals surface area contributed by atoms with Crippen molar-refractivity contribution in [2.24, 2.45) is 0 Å². The fourth-order valence-electron chi connectivity index (χ4n) is 3.85. The first-order valence-corrected chi connectivity index (χ1v) is 9.69. The maximum absolute atomic E-state index is 13.5. The summed E-state index contributed by atoms with van der Waals surface area (Å²) in [6.45, 7) is 1.28. The Balaban J connectivity index is 1.61. The van der Waals surface area contributed by atoms with E-state index in [2.05, 4.69) is 10.4 Å². The average Bonchev–Trinajstić information content (AvgIpc) is 3.03. The van der Waals surface area contributed by atoms with Crippen molar-refractivity contribution in [3.8, 4) is 6.07 Å². The molecule has 1 aromatic heterocycles. The predicted molar refractivity (Wildman–Crippen MR) is 104 cm³/mol. The van der Waals surface area contributed by atoms with Crippen LogP contribution in [0.5, 0.6) is 0 Å². The number of aromatic nitrogens is 2. The van der Waals surface area contributed by atoms with E-state index < -0.39 is 30.5 Å². The van der Waals surface area contributed by atoms with E-state index in [0.717, 1.165) is 11.1 Å². The molecule has 1 N–H and O–H groups in total. The maximum Gasteiger partial charge on any atom is 0.322 e. The van der Waals surface area contributed by atoms with Gasteiger partial charge in [-0.3, -0.25) is 14.3 Å². The number of rotatable bonds is 2. The van der Waals surface area contributed by atoms with Gasteiger partial charge in [0.1, 0.15) is 30.4 Å². The van der Waals surface area contributed by atoms with Gasteiger partial charge in [0.05, 0.1) is 24.3 Å². The molecule has 2 aromatic rings. The number of hydrogen-bond donors (Lipinski definition) is 1. The molecule has 0 bridgehead atoms. The highest BCUT2D eigenvalue weighted by molar-refractivity contribution is 5.94. The molecule has 0 aliphatic carbocycles. The third-order valence-electron chi connectivity index (χ3n) is 5.43. The minimum atomic E-state index is -0.832. The van der Waals surface area contributed by atoms with E-state index in [1.807, 2.05) is 6.92 Å². The summed E-state index contributed by atoms with van der Waals surface area (Å²) in [5.74, 6) is -1.13. The molecule has 3 amide bonds. The Labute approximate surface area is 176 Å². The molecular weight excluding hydrogens is 410 g/mol. The van der Waals surface area contributed by atoms with E-state index in [-0.39, 0.29) is 36.1 Å². The highest BCUT2D eigenvalue weighted by Crippen LogP contribution is 2.29. The molecule has 31 heavy (non-hydrogen) atoms. The van der Waals surface area contributed by atoms with Crippen LogP contribution in [0.3, 0.4) is 0 Å². The summed E-state index contributed by atoms with van der Waals surface area (Å²) < 4.78 is 28.2. The van der Waals surface area contributed by atoms with Crippen molar-refractivity contribution < 1.29 is 23.2 Å². The largest absolute Gasteiger partial charge is 0.322 e. The minimum absolute atomic E-state index is 0.0853. The topological polar surface area (TPSA) is 103 Å². The summed E-state index contributed by atoms with van der Waals surface area (Å²) in [6, 6.07) is 4.78. The van der Waals surface area contributed by atoms with Gasteiger partial charge in [-0.1, -0.05) is 0 Å². The van der Waals surface area contributed by atoms with Crippen LogP contribution in [0.15, 0.2) is 18.2 Å². The molecule has 2 unspecified atom stereocenters. The minimum Gasteiger partial charge on any atom is -0.317 e. The average molecular weight is 430 g/mol. The van der Waals surface area contributed by atoms with Gasteiger partial charge in [-0.2, -0.15) is 10.4 Å². The lowest BCUT2D eigenvalue weighted by molar-refractivity contribution is -0.152. The highest BCUT2D eigenvalue weighted by Gasteiger charge is 2.37. The Morgan fingerprint density at radius 2 is 2.23 bits per heavy atom. The molecule has 11 heteroatoms. The second-order valence-corrected chi connectivity index (χ2v) is 7.56. The standard InChI is InChI=1S/C20H20F2N6O3/c1-11-5-17-15(18-19(29)26(2)31-14(7-21)9-28(18)25-17)10-27(11)20(30)24-13-3-4-16(22)12(6-13)8-23/h3-4,6,11,14H,5,7,9-10H2,1-2H3,(H,24,30). The van der Waals surface area contributed by atoms with Crippen molar-refractivity contribution in [2.75, 3.05) is 19.0 Å². The first-order chi connectivity index (χ1) is 14.8. The second-order valence-electron chi connectivity index (χ2n) is 7.56. The van der Waals surface area contributed by atoms with Gasteiger partial charge in [0, 0.05) is 30.8 Å². The third-order valence-corrected chi connectivity index (χ3v) is 5.43. The van der Waals surface area contributed by atoms with Gasteiger partial charge in [0.15, 0.2) is 0 Å². The molecule has 0 spiro atoms.